The monoisotopic (exact) mass is 370 g/mol. The van der Waals surface area contributed by atoms with Gasteiger partial charge in [-0.2, -0.15) is 16.8 Å². The van der Waals surface area contributed by atoms with Gasteiger partial charge >= 0.3 is 26.8 Å². The largest absolute Gasteiger partial charge is 0.480 e. The number of hydrogen-bond acceptors (Lipinski definition) is 7. The summed E-state index contributed by atoms with van der Waals surface area (Å²) in [4.78, 5) is 13.9. The van der Waals surface area contributed by atoms with Crippen molar-refractivity contribution in [1.29, 1.82) is 0 Å². The van der Waals surface area contributed by atoms with E-state index in [2.05, 4.69) is 4.99 Å². The fraction of sp³-hybridized carbons (Fsp3) is 0.667. The fourth-order valence-electron chi connectivity index (χ4n) is 0.643. The molecule has 0 rings (SSSR count). The predicted octanol–water partition coefficient (Wildman–Crippen LogP) is -2.85. The number of nitrogens with two attached hydrogens (primary N) is 3. The summed E-state index contributed by atoms with van der Waals surface area (Å²) < 4.78 is 63.2. The SMILES string of the molecule is NC(N)=NCCC[C@H](N)C(=O)O.O=S(=O)(O)O.O=S(=O)(O)O. The third-order valence-electron chi connectivity index (χ3n) is 1.28. The first-order valence-corrected chi connectivity index (χ1v) is 7.77. The second-order valence-electron chi connectivity index (χ2n) is 3.29. The van der Waals surface area contributed by atoms with Crippen LogP contribution in [0.5, 0.6) is 0 Å². The van der Waals surface area contributed by atoms with Crippen LogP contribution < -0.4 is 17.2 Å². The van der Waals surface area contributed by atoms with Gasteiger partial charge in [0.1, 0.15) is 6.04 Å². The van der Waals surface area contributed by atoms with Gasteiger partial charge in [-0.05, 0) is 12.8 Å². The summed E-state index contributed by atoms with van der Waals surface area (Å²) >= 11 is 0. The van der Waals surface area contributed by atoms with Gasteiger partial charge in [0.2, 0.25) is 0 Å². The van der Waals surface area contributed by atoms with Crippen molar-refractivity contribution in [3.05, 3.63) is 0 Å². The van der Waals surface area contributed by atoms with E-state index >= 15 is 0 Å². The molecule has 22 heavy (non-hydrogen) atoms. The maximum absolute atomic E-state index is 10.2. The summed E-state index contributed by atoms with van der Waals surface area (Å²) in [7, 11) is -9.33. The molecule has 0 spiro atoms. The molecule has 0 bridgehead atoms. The molecule has 0 amide bonds. The normalized spacial score (nSPS) is 11.9. The number of hydrogen-bond donors (Lipinski definition) is 8. The van der Waals surface area contributed by atoms with Crippen molar-refractivity contribution in [2.45, 2.75) is 18.9 Å². The molecule has 0 radical (unpaired) electrons. The number of aliphatic carboxylic acids is 1. The molecule has 134 valence electrons. The van der Waals surface area contributed by atoms with Crippen LogP contribution in [0.4, 0.5) is 0 Å². The minimum Gasteiger partial charge on any atom is -0.480 e. The zero-order chi connectivity index (χ0) is 18.6. The number of carbonyl (C=O) groups is 1. The van der Waals surface area contributed by atoms with Crippen LogP contribution in [0.3, 0.4) is 0 Å². The zero-order valence-electron chi connectivity index (χ0n) is 11.0. The molecule has 0 heterocycles. The average molecular weight is 370 g/mol. The Balaban J connectivity index is -0.000000298. The highest BCUT2D eigenvalue weighted by Gasteiger charge is 2.09. The number of carboxylic acid groups (broad SMARTS) is 1. The number of rotatable bonds is 5. The Bertz CT molecular complexity index is 492. The van der Waals surface area contributed by atoms with E-state index in [1.165, 1.54) is 0 Å². The van der Waals surface area contributed by atoms with E-state index in [0.717, 1.165) is 0 Å². The molecule has 11 N–H and O–H groups in total. The van der Waals surface area contributed by atoms with Crippen molar-refractivity contribution in [2.24, 2.45) is 22.2 Å². The Morgan fingerprint density at radius 2 is 1.32 bits per heavy atom. The molecule has 16 heteroatoms. The first-order valence-electron chi connectivity index (χ1n) is 4.97. The summed E-state index contributed by atoms with van der Waals surface area (Å²) in [6.45, 7) is 0.420. The maximum atomic E-state index is 10.2. The highest BCUT2D eigenvalue weighted by atomic mass is 32.3. The van der Waals surface area contributed by atoms with Crippen molar-refractivity contribution < 1.29 is 44.9 Å². The molecule has 0 aliphatic carbocycles. The first-order chi connectivity index (χ1) is 9.54. The second-order valence-corrected chi connectivity index (χ2v) is 5.08. The zero-order valence-corrected chi connectivity index (χ0v) is 12.6. The molecule has 0 saturated carbocycles. The molecule has 0 aromatic rings. The highest BCUT2D eigenvalue weighted by molar-refractivity contribution is 7.80. The molecule has 0 aromatic carbocycles. The molecular weight excluding hydrogens is 352 g/mol. The van der Waals surface area contributed by atoms with Gasteiger partial charge < -0.3 is 22.3 Å². The molecule has 0 aliphatic heterocycles. The van der Waals surface area contributed by atoms with Gasteiger partial charge in [-0.15, -0.1) is 0 Å². The first kappa shape index (κ1) is 25.4. The van der Waals surface area contributed by atoms with Crippen LogP contribution in [0, 0.1) is 0 Å². The van der Waals surface area contributed by atoms with Crippen LogP contribution >= 0.6 is 0 Å². The third-order valence-corrected chi connectivity index (χ3v) is 1.28. The summed E-state index contributed by atoms with van der Waals surface area (Å²) in [5.41, 5.74) is 15.3. The van der Waals surface area contributed by atoms with E-state index < -0.39 is 32.8 Å². The Labute approximate surface area is 126 Å². The molecule has 0 fully saturated rings. The minimum absolute atomic E-state index is 0.0129. The van der Waals surface area contributed by atoms with Gasteiger partial charge in [0.05, 0.1) is 0 Å². The summed E-state index contributed by atoms with van der Waals surface area (Å²) in [6.07, 6.45) is 0.956. The van der Waals surface area contributed by atoms with Crippen molar-refractivity contribution >= 4 is 32.7 Å². The van der Waals surface area contributed by atoms with Crippen LogP contribution in [0.1, 0.15) is 12.8 Å². The van der Waals surface area contributed by atoms with Crippen LogP contribution in [-0.4, -0.2) is 64.7 Å². The summed E-state index contributed by atoms with van der Waals surface area (Å²) in [5.74, 6) is -0.987. The topological polar surface area (TPSA) is 277 Å². The lowest BCUT2D eigenvalue weighted by atomic mass is 10.2. The summed E-state index contributed by atoms with van der Waals surface area (Å²) in [5, 5.41) is 8.38. The molecular formula is C6H18N4O10S2. The van der Waals surface area contributed by atoms with Crippen molar-refractivity contribution in [1.82, 2.24) is 0 Å². The van der Waals surface area contributed by atoms with E-state index in [4.69, 9.17) is 57.4 Å². The van der Waals surface area contributed by atoms with E-state index in [-0.39, 0.29) is 5.96 Å². The van der Waals surface area contributed by atoms with E-state index in [0.29, 0.717) is 19.4 Å². The van der Waals surface area contributed by atoms with Gasteiger partial charge in [0.25, 0.3) is 0 Å². The smallest absolute Gasteiger partial charge is 0.394 e. The molecule has 0 saturated heterocycles. The van der Waals surface area contributed by atoms with Crippen LogP contribution in [0.15, 0.2) is 4.99 Å². The molecule has 14 nitrogen and oxygen atoms in total. The molecule has 0 aromatic heterocycles. The number of carboxylic acids is 1. The average Bonchev–Trinajstić information content (AvgIpc) is 2.18. The molecule has 1 atom stereocenters. The van der Waals surface area contributed by atoms with Crippen molar-refractivity contribution in [3.8, 4) is 0 Å². The van der Waals surface area contributed by atoms with Gasteiger partial charge in [-0.3, -0.25) is 28.0 Å². The lowest BCUT2D eigenvalue weighted by molar-refractivity contribution is -0.138. The van der Waals surface area contributed by atoms with E-state index in [1.54, 1.807) is 0 Å². The predicted molar refractivity (Wildman–Crippen MR) is 73.9 cm³/mol. The number of nitrogens with zero attached hydrogens (tertiary/aromatic N) is 1. The van der Waals surface area contributed by atoms with Gasteiger partial charge in [0, 0.05) is 6.54 Å². The Kier molecular flexibility index (Phi) is 13.9. The van der Waals surface area contributed by atoms with Gasteiger partial charge in [-0.1, -0.05) is 0 Å². The fourth-order valence-corrected chi connectivity index (χ4v) is 0.643. The maximum Gasteiger partial charge on any atom is 0.394 e. The summed E-state index contributed by atoms with van der Waals surface area (Å²) in [6, 6.07) is -0.820. The van der Waals surface area contributed by atoms with E-state index in [1.807, 2.05) is 0 Å². The van der Waals surface area contributed by atoms with Gasteiger partial charge in [-0.25, -0.2) is 0 Å². The lowest BCUT2D eigenvalue weighted by Crippen LogP contribution is -2.30. The Hall–Kier alpha value is -1.56. The van der Waals surface area contributed by atoms with Gasteiger partial charge in [0.15, 0.2) is 5.96 Å². The standard InChI is InChI=1S/C6H14N4O2.2H2O4S/c7-4(5(11)12)2-1-3-10-6(8)9;2*1-5(2,3)4/h4H,1-3,7H2,(H,11,12)(H4,8,9,10);2*(H2,1,2,3,4)/t4-;;/m0../s1. The molecule has 0 unspecified atom stereocenters. The quantitative estimate of drug-likeness (QED) is 0.105. The minimum atomic E-state index is -4.67. The van der Waals surface area contributed by atoms with Crippen molar-refractivity contribution in [2.75, 3.05) is 6.54 Å². The van der Waals surface area contributed by atoms with E-state index in [9.17, 15) is 4.79 Å². The Morgan fingerprint density at radius 1 is 1.00 bits per heavy atom. The third kappa shape index (κ3) is 62.9. The van der Waals surface area contributed by atoms with Crippen LogP contribution in [0.25, 0.3) is 0 Å². The number of aliphatic imine (C=N–C) groups is 1. The van der Waals surface area contributed by atoms with Crippen LogP contribution in [-0.2, 0) is 25.6 Å². The Morgan fingerprint density at radius 3 is 1.55 bits per heavy atom. The van der Waals surface area contributed by atoms with Crippen molar-refractivity contribution in [3.63, 3.8) is 0 Å². The second kappa shape index (κ2) is 12.0. The number of guanidine groups is 1. The van der Waals surface area contributed by atoms with Crippen LogP contribution in [0.2, 0.25) is 0 Å². The molecule has 0 aliphatic rings. The highest BCUT2D eigenvalue weighted by Crippen LogP contribution is 1.94. The lowest BCUT2D eigenvalue weighted by Gasteiger charge is -2.03.